The van der Waals surface area contributed by atoms with Gasteiger partial charge in [-0.15, -0.1) is 0 Å². The highest BCUT2D eigenvalue weighted by Gasteiger charge is 2.14. The van der Waals surface area contributed by atoms with E-state index in [0.29, 0.717) is 6.04 Å². The van der Waals surface area contributed by atoms with Crippen LogP contribution in [0.25, 0.3) is 0 Å². The average Bonchev–Trinajstić information content (AvgIpc) is 2.22. The Hall–Kier alpha value is -0.770. The van der Waals surface area contributed by atoms with E-state index in [2.05, 4.69) is 10.6 Å². The van der Waals surface area contributed by atoms with Gasteiger partial charge in [-0.25, -0.2) is 4.79 Å². The van der Waals surface area contributed by atoms with Crippen molar-refractivity contribution in [3.63, 3.8) is 0 Å². The van der Waals surface area contributed by atoms with Gasteiger partial charge in [0, 0.05) is 26.3 Å². The molecule has 0 aromatic carbocycles. The summed E-state index contributed by atoms with van der Waals surface area (Å²) in [4.78, 5) is 10.8. The van der Waals surface area contributed by atoms with E-state index in [-0.39, 0.29) is 6.03 Å². The first kappa shape index (κ1) is 12.2. The van der Waals surface area contributed by atoms with Crippen LogP contribution in [0.4, 0.5) is 4.79 Å². The molecule has 1 aliphatic rings. The topological polar surface area (TPSA) is 50.4 Å². The zero-order chi connectivity index (χ0) is 10.1. The van der Waals surface area contributed by atoms with Crippen LogP contribution in [0.2, 0.25) is 0 Å². The van der Waals surface area contributed by atoms with Crippen molar-refractivity contribution < 1.29 is 9.53 Å². The number of amides is 2. The Morgan fingerprint density at radius 2 is 1.85 bits per heavy atom. The number of rotatable bonds is 1. The van der Waals surface area contributed by atoms with Gasteiger partial charge >= 0.3 is 6.03 Å². The second kappa shape index (κ2) is 7.86. The van der Waals surface area contributed by atoms with Crippen molar-refractivity contribution in [1.29, 1.82) is 0 Å². The Morgan fingerprint density at radius 1 is 1.31 bits per heavy atom. The molecule has 4 nitrogen and oxygen atoms in total. The first-order valence-corrected chi connectivity index (χ1v) is 4.89. The van der Waals surface area contributed by atoms with Gasteiger partial charge < -0.3 is 15.4 Å². The van der Waals surface area contributed by atoms with E-state index < -0.39 is 0 Å². The van der Waals surface area contributed by atoms with Gasteiger partial charge in [0.15, 0.2) is 0 Å². The summed E-state index contributed by atoms with van der Waals surface area (Å²) in [6, 6.07) is 0.195. The van der Waals surface area contributed by atoms with E-state index in [0.717, 1.165) is 26.1 Å². The van der Waals surface area contributed by atoms with Crippen molar-refractivity contribution in [2.24, 2.45) is 0 Å². The molecule has 0 spiro atoms. The van der Waals surface area contributed by atoms with Gasteiger partial charge in [-0.2, -0.15) is 0 Å². The maximum Gasteiger partial charge on any atom is 0.314 e. The van der Waals surface area contributed by atoms with Gasteiger partial charge in [-0.3, -0.25) is 0 Å². The molecule has 0 aliphatic carbocycles. The minimum Gasteiger partial charge on any atom is -0.381 e. The molecular weight excluding hydrogens is 168 g/mol. The van der Waals surface area contributed by atoms with Crippen LogP contribution in [0.5, 0.6) is 0 Å². The third kappa shape index (κ3) is 5.47. The second-order valence-corrected chi connectivity index (χ2v) is 2.61. The first-order chi connectivity index (χ1) is 6.33. The molecular formula is C9H20N2O2. The molecule has 0 bridgehead atoms. The molecule has 0 aromatic heterocycles. The van der Waals surface area contributed by atoms with Crippen molar-refractivity contribution in [3.8, 4) is 0 Å². The monoisotopic (exact) mass is 188 g/mol. The second-order valence-electron chi connectivity index (χ2n) is 2.61. The van der Waals surface area contributed by atoms with Crippen molar-refractivity contribution in [3.05, 3.63) is 0 Å². The molecule has 1 rings (SSSR count). The number of ether oxygens (including phenoxy) is 1. The summed E-state index contributed by atoms with van der Waals surface area (Å²) in [6.45, 7) is 5.52. The van der Waals surface area contributed by atoms with Crippen LogP contribution < -0.4 is 10.6 Å². The molecule has 1 heterocycles. The van der Waals surface area contributed by atoms with Crippen LogP contribution in [0.1, 0.15) is 26.7 Å². The van der Waals surface area contributed by atoms with E-state index in [1.165, 1.54) is 0 Å². The molecule has 4 heteroatoms. The van der Waals surface area contributed by atoms with E-state index in [1.54, 1.807) is 7.05 Å². The summed E-state index contributed by atoms with van der Waals surface area (Å²) in [7, 11) is 1.62. The van der Waals surface area contributed by atoms with Crippen LogP contribution in [-0.2, 0) is 4.74 Å². The third-order valence-electron chi connectivity index (χ3n) is 1.78. The highest BCUT2D eigenvalue weighted by Crippen LogP contribution is 2.05. The van der Waals surface area contributed by atoms with Gasteiger partial charge in [0.25, 0.3) is 0 Å². The lowest BCUT2D eigenvalue weighted by atomic mass is 10.1. The molecule has 0 unspecified atom stereocenters. The molecule has 0 radical (unpaired) electrons. The van der Waals surface area contributed by atoms with E-state index in [9.17, 15) is 4.79 Å². The zero-order valence-corrected chi connectivity index (χ0v) is 8.72. The summed E-state index contributed by atoms with van der Waals surface area (Å²) in [5, 5.41) is 5.36. The largest absolute Gasteiger partial charge is 0.381 e. The van der Waals surface area contributed by atoms with Crippen molar-refractivity contribution >= 4 is 6.03 Å². The third-order valence-corrected chi connectivity index (χ3v) is 1.78. The molecule has 2 amide bonds. The lowest BCUT2D eigenvalue weighted by Crippen LogP contribution is -2.43. The number of hydrogen-bond donors (Lipinski definition) is 2. The van der Waals surface area contributed by atoms with Gasteiger partial charge in [0.1, 0.15) is 0 Å². The average molecular weight is 188 g/mol. The van der Waals surface area contributed by atoms with Gasteiger partial charge in [0.05, 0.1) is 0 Å². The Bertz CT molecular complexity index is 134. The number of carbonyl (C=O) groups is 1. The SMILES string of the molecule is CC.CNC(=O)NC1CCOCC1. The molecule has 0 atom stereocenters. The summed E-state index contributed by atoms with van der Waals surface area (Å²) < 4.78 is 5.14. The zero-order valence-electron chi connectivity index (χ0n) is 8.72. The van der Waals surface area contributed by atoms with Crippen LogP contribution in [0.15, 0.2) is 0 Å². The van der Waals surface area contributed by atoms with E-state index >= 15 is 0 Å². The van der Waals surface area contributed by atoms with Gasteiger partial charge in [0.2, 0.25) is 0 Å². The minimum atomic E-state index is -0.100. The van der Waals surface area contributed by atoms with Gasteiger partial charge in [-0.05, 0) is 12.8 Å². The summed E-state index contributed by atoms with van der Waals surface area (Å²) in [5.74, 6) is 0. The number of carbonyl (C=O) groups excluding carboxylic acids is 1. The fourth-order valence-corrected chi connectivity index (χ4v) is 1.10. The maximum atomic E-state index is 10.8. The number of hydrogen-bond acceptors (Lipinski definition) is 2. The number of urea groups is 1. The predicted molar refractivity (Wildman–Crippen MR) is 52.8 cm³/mol. The first-order valence-electron chi connectivity index (χ1n) is 4.89. The van der Waals surface area contributed by atoms with Crippen LogP contribution in [-0.4, -0.2) is 32.3 Å². The smallest absolute Gasteiger partial charge is 0.314 e. The molecule has 1 aliphatic heterocycles. The summed E-state index contributed by atoms with van der Waals surface area (Å²) in [6.07, 6.45) is 1.85. The molecule has 1 fully saturated rings. The fourth-order valence-electron chi connectivity index (χ4n) is 1.10. The molecule has 0 aromatic rings. The minimum absolute atomic E-state index is 0.100. The Balaban J connectivity index is 0.000000671. The van der Waals surface area contributed by atoms with E-state index in [4.69, 9.17) is 4.74 Å². The molecule has 13 heavy (non-hydrogen) atoms. The van der Waals surface area contributed by atoms with Gasteiger partial charge in [-0.1, -0.05) is 13.8 Å². The summed E-state index contributed by atoms with van der Waals surface area (Å²) >= 11 is 0. The quantitative estimate of drug-likeness (QED) is 0.648. The normalized spacial score (nSPS) is 16.8. The maximum absolute atomic E-state index is 10.8. The van der Waals surface area contributed by atoms with E-state index in [1.807, 2.05) is 13.8 Å². The van der Waals surface area contributed by atoms with Crippen LogP contribution >= 0.6 is 0 Å². The Morgan fingerprint density at radius 3 is 2.31 bits per heavy atom. The summed E-state index contributed by atoms with van der Waals surface area (Å²) in [5.41, 5.74) is 0. The Labute approximate surface area is 80.0 Å². The lowest BCUT2D eigenvalue weighted by Gasteiger charge is -2.22. The molecule has 2 N–H and O–H groups in total. The van der Waals surface area contributed by atoms with Crippen molar-refractivity contribution in [2.45, 2.75) is 32.7 Å². The molecule has 1 saturated heterocycles. The van der Waals surface area contributed by atoms with Crippen LogP contribution in [0, 0.1) is 0 Å². The Kier molecular flexibility index (Phi) is 7.39. The van der Waals surface area contributed by atoms with Crippen molar-refractivity contribution in [1.82, 2.24) is 10.6 Å². The fraction of sp³-hybridized carbons (Fsp3) is 0.889. The standard InChI is InChI=1S/C7H14N2O2.C2H6/c1-8-7(10)9-6-2-4-11-5-3-6;1-2/h6H,2-5H2,1H3,(H2,8,9,10);1-2H3. The highest BCUT2D eigenvalue weighted by molar-refractivity contribution is 5.73. The highest BCUT2D eigenvalue weighted by atomic mass is 16.5. The lowest BCUT2D eigenvalue weighted by molar-refractivity contribution is 0.0802. The molecule has 0 saturated carbocycles. The predicted octanol–water partition coefficient (Wildman–Crippen LogP) is 1.12. The van der Waals surface area contributed by atoms with Crippen LogP contribution in [0.3, 0.4) is 0 Å². The number of nitrogens with one attached hydrogen (secondary N) is 2. The van der Waals surface area contributed by atoms with Crippen molar-refractivity contribution in [2.75, 3.05) is 20.3 Å². The molecule has 78 valence electrons.